The van der Waals surface area contributed by atoms with Gasteiger partial charge in [0.25, 0.3) is 0 Å². The Kier molecular flexibility index (Phi) is 7.02. The molecule has 0 fully saturated rings. The Hall–Kier alpha value is -3.75. The average Bonchev–Trinajstić information content (AvgIpc) is 3.33. The van der Waals surface area contributed by atoms with Gasteiger partial charge in [0.15, 0.2) is 11.0 Å². The first-order chi connectivity index (χ1) is 17.2. The topological polar surface area (TPSA) is 72.7 Å². The Morgan fingerprint density at radius 3 is 2.37 bits per heavy atom. The van der Waals surface area contributed by atoms with E-state index < -0.39 is 0 Å². The van der Waals surface area contributed by atoms with Gasteiger partial charge in [0.2, 0.25) is 5.91 Å². The maximum Gasteiger partial charge on any atom is 0.234 e. The van der Waals surface area contributed by atoms with Gasteiger partial charge in [-0.1, -0.05) is 76.2 Å². The Balaban J connectivity index is 1.38. The van der Waals surface area contributed by atoms with Crippen molar-refractivity contribution in [3.05, 3.63) is 108 Å². The Labute approximate surface area is 215 Å². The highest BCUT2D eigenvalue weighted by atomic mass is 79.9. The number of para-hydroxylation sites is 1. The fourth-order valence-electron chi connectivity index (χ4n) is 3.65. The smallest absolute Gasteiger partial charge is 0.234 e. The van der Waals surface area contributed by atoms with E-state index in [-0.39, 0.29) is 11.7 Å². The van der Waals surface area contributed by atoms with E-state index in [1.165, 1.54) is 11.8 Å². The molecule has 6 nitrogen and oxygen atoms in total. The molecule has 0 saturated heterocycles. The normalized spacial score (nSPS) is 10.8. The van der Waals surface area contributed by atoms with Gasteiger partial charge in [0.1, 0.15) is 0 Å². The number of rotatable bonds is 7. The molecule has 5 aromatic rings. The van der Waals surface area contributed by atoms with Crippen molar-refractivity contribution in [3.8, 4) is 28.2 Å². The van der Waals surface area contributed by atoms with Gasteiger partial charge in [-0.05, 0) is 48.0 Å². The minimum absolute atomic E-state index is 0.119. The highest BCUT2D eigenvalue weighted by Crippen LogP contribution is 2.30. The zero-order valence-electron chi connectivity index (χ0n) is 18.5. The van der Waals surface area contributed by atoms with Crippen LogP contribution in [-0.2, 0) is 4.79 Å². The van der Waals surface area contributed by atoms with E-state index in [9.17, 15) is 4.79 Å². The van der Waals surface area contributed by atoms with E-state index in [0.717, 1.165) is 32.5 Å². The molecule has 0 bridgehead atoms. The summed E-state index contributed by atoms with van der Waals surface area (Å²) in [4.78, 5) is 17.1. The number of benzene rings is 3. The van der Waals surface area contributed by atoms with Gasteiger partial charge in [-0.3, -0.25) is 14.3 Å². The van der Waals surface area contributed by atoms with E-state index in [4.69, 9.17) is 0 Å². The lowest BCUT2D eigenvalue weighted by Gasteiger charge is -2.12. The SMILES string of the molecule is O=C(CSc1nnc(-c2cccnc2)n1-c1ccc(Br)cc1)Nc1ccccc1-c1ccccc1. The zero-order valence-corrected chi connectivity index (χ0v) is 20.9. The second-order valence-corrected chi connectivity index (χ2v) is 9.47. The van der Waals surface area contributed by atoms with E-state index in [1.54, 1.807) is 12.4 Å². The van der Waals surface area contributed by atoms with Crippen molar-refractivity contribution in [3.63, 3.8) is 0 Å². The van der Waals surface area contributed by atoms with E-state index in [1.807, 2.05) is 95.6 Å². The number of aromatic nitrogens is 4. The first-order valence-corrected chi connectivity index (χ1v) is 12.7. The predicted molar refractivity (Wildman–Crippen MR) is 144 cm³/mol. The van der Waals surface area contributed by atoms with E-state index >= 15 is 0 Å². The van der Waals surface area contributed by atoms with Crippen molar-refractivity contribution in [1.82, 2.24) is 19.7 Å². The van der Waals surface area contributed by atoms with Crippen LogP contribution in [-0.4, -0.2) is 31.4 Å². The van der Waals surface area contributed by atoms with Crippen LogP contribution in [0.15, 0.2) is 113 Å². The van der Waals surface area contributed by atoms with Crippen LogP contribution in [0.2, 0.25) is 0 Å². The number of anilines is 1. The van der Waals surface area contributed by atoms with Crippen LogP contribution in [0, 0.1) is 0 Å². The third-order valence-electron chi connectivity index (χ3n) is 5.26. The summed E-state index contributed by atoms with van der Waals surface area (Å²) < 4.78 is 2.92. The third kappa shape index (κ3) is 5.34. The molecule has 0 saturated carbocycles. The molecule has 2 aromatic heterocycles. The van der Waals surface area contributed by atoms with Gasteiger partial charge in [-0.15, -0.1) is 10.2 Å². The van der Waals surface area contributed by atoms with Crippen LogP contribution in [0.25, 0.3) is 28.2 Å². The molecule has 0 aliphatic heterocycles. The van der Waals surface area contributed by atoms with Crippen LogP contribution in [0.4, 0.5) is 5.69 Å². The molecular formula is C27H20BrN5OS. The van der Waals surface area contributed by atoms with Crippen LogP contribution in [0.1, 0.15) is 0 Å². The van der Waals surface area contributed by atoms with E-state index in [2.05, 4.69) is 36.4 Å². The largest absolute Gasteiger partial charge is 0.325 e. The molecule has 0 atom stereocenters. The molecule has 3 aromatic carbocycles. The second-order valence-electron chi connectivity index (χ2n) is 7.61. The lowest BCUT2D eigenvalue weighted by Crippen LogP contribution is -2.15. The quantitative estimate of drug-likeness (QED) is 0.238. The van der Waals surface area contributed by atoms with Gasteiger partial charge in [0.05, 0.1) is 5.75 Å². The summed E-state index contributed by atoms with van der Waals surface area (Å²) in [5.41, 5.74) is 4.54. The van der Waals surface area contributed by atoms with Crippen molar-refractivity contribution >= 4 is 39.3 Å². The number of amides is 1. The summed E-state index contributed by atoms with van der Waals surface area (Å²) in [6, 6.07) is 29.5. The number of hydrogen-bond donors (Lipinski definition) is 1. The van der Waals surface area contributed by atoms with Gasteiger partial charge in [-0.2, -0.15) is 0 Å². The lowest BCUT2D eigenvalue weighted by atomic mass is 10.0. The number of nitrogens with one attached hydrogen (secondary N) is 1. The van der Waals surface area contributed by atoms with Crippen molar-refractivity contribution in [2.75, 3.05) is 11.1 Å². The van der Waals surface area contributed by atoms with Gasteiger partial charge in [0, 0.05) is 39.4 Å². The molecule has 2 heterocycles. The highest BCUT2D eigenvalue weighted by Gasteiger charge is 2.18. The number of hydrogen-bond acceptors (Lipinski definition) is 5. The number of halogens is 1. The van der Waals surface area contributed by atoms with Gasteiger partial charge >= 0.3 is 0 Å². The Morgan fingerprint density at radius 1 is 0.857 bits per heavy atom. The minimum Gasteiger partial charge on any atom is -0.325 e. The first kappa shape index (κ1) is 23.0. The molecule has 0 radical (unpaired) electrons. The molecule has 5 rings (SSSR count). The molecule has 35 heavy (non-hydrogen) atoms. The standard InChI is InChI=1S/C27H20BrN5OS/c28-21-12-14-22(15-13-21)33-26(20-9-6-16-29-17-20)31-32-27(33)35-18-25(34)30-24-11-5-4-10-23(24)19-7-2-1-3-8-19/h1-17H,18H2,(H,30,34). The van der Waals surface area contributed by atoms with Crippen molar-refractivity contribution < 1.29 is 4.79 Å². The summed E-state index contributed by atoms with van der Waals surface area (Å²) in [7, 11) is 0. The zero-order chi connectivity index (χ0) is 24.0. The minimum atomic E-state index is -0.119. The highest BCUT2D eigenvalue weighted by molar-refractivity contribution is 9.10. The maximum absolute atomic E-state index is 12.9. The maximum atomic E-state index is 12.9. The summed E-state index contributed by atoms with van der Waals surface area (Å²) in [6.45, 7) is 0. The number of pyridine rings is 1. The molecule has 0 spiro atoms. The Morgan fingerprint density at radius 2 is 1.60 bits per heavy atom. The summed E-state index contributed by atoms with van der Waals surface area (Å²) in [5.74, 6) is 0.731. The first-order valence-electron chi connectivity index (χ1n) is 10.9. The summed E-state index contributed by atoms with van der Waals surface area (Å²) in [6.07, 6.45) is 3.47. The van der Waals surface area contributed by atoms with Crippen molar-refractivity contribution in [2.45, 2.75) is 5.16 Å². The van der Waals surface area contributed by atoms with Crippen molar-refractivity contribution in [1.29, 1.82) is 0 Å². The monoisotopic (exact) mass is 541 g/mol. The fourth-order valence-corrected chi connectivity index (χ4v) is 4.66. The van der Waals surface area contributed by atoms with Crippen LogP contribution >= 0.6 is 27.7 Å². The number of carbonyl (C=O) groups excluding carboxylic acids is 1. The molecule has 0 aliphatic carbocycles. The molecule has 1 amide bonds. The lowest BCUT2D eigenvalue weighted by molar-refractivity contribution is -0.113. The van der Waals surface area contributed by atoms with Crippen LogP contribution < -0.4 is 5.32 Å². The molecule has 0 aliphatic rings. The molecular weight excluding hydrogens is 522 g/mol. The fraction of sp³-hybridized carbons (Fsp3) is 0.0370. The molecule has 0 unspecified atom stereocenters. The van der Waals surface area contributed by atoms with Crippen molar-refractivity contribution in [2.24, 2.45) is 0 Å². The van der Waals surface area contributed by atoms with Crippen LogP contribution in [0.3, 0.4) is 0 Å². The molecule has 1 N–H and O–H groups in total. The van der Waals surface area contributed by atoms with Gasteiger partial charge in [-0.25, -0.2) is 0 Å². The Bertz CT molecular complexity index is 1440. The number of nitrogens with zero attached hydrogens (tertiary/aromatic N) is 4. The number of carbonyl (C=O) groups is 1. The second kappa shape index (κ2) is 10.7. The van der Waals surface area contributed by atoms with Crippen LogP contribution in [0.5, 0.6) is 0 Å². The molecule has 172 valence electrons. The number of thioether (sulfide) groups is 1. The van der Waals surface area contributed by atoms with Gasteiger partial charge < -0.3 is 5.32 Å². The third-order valence-corrected chi connectivity index (χ3v) is 6.71. The summed E-state index contributed by atoms with van der Waals surface area (Å²) in [5, 5.41) is 12.5. The average molecular weight is 542 g/mol. The van der Waals surface area contributed by atoms with E-state index in [0.29, 0.717) is 11.0 Å². The summed E-state index contributed by atoms with van der Waals surface area (Å²) >= 11 is 4.82. The predicted octanol–water partition coefficient (Wildman–Crippen LogP) is 6.49. The molecule has 8 heteroatoms.